The zero-order valence-corrected chi connectivity index (χ0v) is 16.3. The highest BCUT2D eigenvalue weighted by Crippen LogP contribution is 2.40. The van der Waals surface area contributed by atoms with Gasteiger partial charge in [0.25, 0.3) is 0 Å². The van der Waals surface area contributed by atoms with Crippen molar-refractivity contribution in [3.8, 4) is 0 Å². The summed E-state index contributed by atoms with van der Waals surface area (Å²) in [5, 5.41) is 3.00. The zero-order chi connectivity index (χ0) is 19.7. The fourth-order valence-electron chi connectivity index (χ4n) is 2.94. The predicted molar refractivity (Wildman–Crippen MR) is 109 cm³/mol. The monoisotopic (exact) mass is 417 g/mol. The van der Waals surface area contributed by atoms with Crippen molar-refractivity contribution in [3.05, 3.63) is 59.4 Å². The summed E-state index contributed by atoms with van der Waals surface area (Å²) in [4.78, 5) is 31.5. The van der Waals surface area contributed by atoms with Gasteiger partial charge in [-0.1, -0.05) is 47.6 Å². The average molecular weight is 418 g/mol. The summed E-state index contributed by atoms with van der Waals surface area (Å²) in [6.07, 6.45) is 1.78. The van der Waals surface area contributed by atoms with Crippen molar-refractivity contribution >= 4 is 51.7 Å². The predicted octanol–water partition coefficient (Wildman–Crippen LogP) is 4.60. The molecule has 0 spiro atoms. The van der Waals surface area contributed by atoms with Gasteiger partial charge in [0, 0.05) is 12.5 Å². The van der Waals surface area contributed by atoms with Crippen molar-refractivity contribution in [1.29, 1.82) is 0 Å². The molecule has 1 heterocycles. The molecule has 28 heavy (non-hydrogen) atoms. The zero-order valence-electron chi connectivity index (χ0n) is 14.8. The number of hydrogen-bond donors (Lipinski definition) is 1. The summed E-state index contributed by atoms with van der Waals surface area (Å²) < 4.78 is 13.7. The summed E-state index contributed by atoms with van der Waals surface area (Å²) >= 11 is 7.44. The first-order chi connectivity index (χ1) is 13.5. The first-order valence-electron chi connectivity index (χ1n) is 8.90. The molecule has 2 aromatic carbocycles. The van der Waals surface area contributed by atoms with Crippen LogP contribution >= 0.6 is 23.4 Å². The summed E-state index contributed by atoms with van der Waals surface area (Å²) in [7, 11) is 0. The third-order valence-corrected chi connectivity index (χ3v) is 5.94. The lowest BCUT2D eigenvalue weighted by Crippen LogP contribution is -2.35. The van der Waals surface area contributed by atoms with Crippen LogP contribution in [-0.2, 0) is 9.59 Å². The van der Waals surface area contributed by atoms with E-state index < -0.39 is 17.0 Å². The maximum absolute atomic E-state index is 13.7. The van der Waals surface area contributed by atoms with Crippen molar-refractivity contribution in [1.82, 2.24) is 4.90 Å². The molecule has 1 N–H and O–H groups in total. The lowest BCUT2D eigenvalue weighted by Gasteiger charge is -2.15. The van der Waals surface area contributed by atoms with Gasteiger partial charge in [0.2, 0.25) is 11.8 Å². The number of nitrogens with zero attached hydrogens (tertiary/aromatic N) is 2. The van der Waals surface area contributed by atoms with Gasteiger partial charge < -0.3 is 5.32 Å². The number of carbonyl (C=O) groups is 2. The molecule has 5 nitrogen and oxygen atoms in total. The van der Waals surface area contributed by atoms with Crippen LogP contribution in [0, 0.1) is 5.82 Å². The van der Waals surface area contributed by atoms with E-state index in [-0.39, 0.29) is 24.1 Å². The standard InChI is InChI=1S/C20H17ClFN3O2S/c21-13-5-1-3-7-15(13)24-20-25(12-9-10-12)19(27)17(28-20)11-18(26)23-16-8-4-2-6-14(16)22/h1-8,12,17H,9-11H2,(H,23,26). The van der Waals surface area contributed by atoms with E-state index in [1.165, 1.54) is 23.9 Å². The summed E-state index contributed by atoms with van der Waals surface area (Å²) in [6.45, 7) is 0. The smallest absolute Gasteiger partial charge is 0.242 e. The van der Waals surface area contributed by atoms with Gasteiger partial charge in [0.15, 0.2) is 5.17 Å². The van der Waals surface area contributed by atoms with E-state index in [9.17, 15) is 14.0 Å². The van der Waals surface area contributed by atoms with Crippen LogP contribution in [0.2, 0.25) is 5.02 Å². The van der Waals surface area contributed by atoms with Crippen molar-refractivity contribution in [2.24, 2.45) is 4.99 Å². The number of amidine groups is 1. The van der Waals surface area contributed by atoms with Gasteiger partial charge in [0.1, 0.15) is 11.1 Å². The number of benzene rings is 2. The molecule has 2 aromatic rings. The molecule has 2 fully saturated rings. The molecule has 1 saturated carbocycles. The quantitative estimate of drug-likeness (QED) is 0.773. The topological polar surface area (TPSA) is 61.8 Å². The number of para-hydroxylation sites is 2. The molecule has 1 unspecified atom stereocenters. The fraction of sp³-hybridized carbons (Fsp3) is 0.250. The van der Waals surface area contributed by atoms with Crippen LogP contribution in [0.15, 0.2) is 53.5 Å². The second-order valence-corrected chi connectivity index (χ2v) is 8.20. The van der Waals surface area contributed by atoms with Gasteiger partial charge >= 0.3 is 0 Å². The molecule has 4 rings (SSSR count). The lowest BCUT2D eigenvalue weighted by atomic mass is 10.2. The largest absolute Gasteiger partial charge is 0.324 e. The maximum Gasteiger partial charge on any atom is 0.242 e. The molecule has 144 valence electrons. The Labute approximate surface area is 171 Å². The van der Waals surface area contributed by atoms with Crippen LogP contribution in [0.25, 0.3) is 0 Å². The molecule has 0 radical (unpaired) electrons. The van der Waals surface area contributed by atoms with E-state index in [4.69, 9.17) is 11.6 Å². The molecule has 0 bridgehead atoms. The second kappa shape index (κ2) is 7.93. The number of halogens is 2. The molecule has 1 saturated heterocycles. The number of carbonyl (C=O) groups excluding carboxylic acids is 2. The van der Waals surface area contributed by atoms with Crippen molar-refractivity contribution in [2.75, 3.05) is 5.32 Å². The van der Waals surface area contributed by atoms with E-state index in [1.807, 2.05) is 12.1 Å². The highest BCUT2D eigenvalue weighted by atomic mass is 35.5. The summed E-state index contributed by atoms with van der Waals surface area (Å²) in [5.74, 6) is -1.06. The summed E-state index contributed by atoms with van der Waals surface area (Å²) in [6, 6.07) is 13.2. The van der Waals surface area contributed by atoms with E-state index in [2.05, 4.69) is 10.3 Å². The maximum atomic E-state index is 13.7. The van der Waals surface area contributed by atoms with Crippen molar-refractivity contribution < 1.29 is 14.0 Å². The average Bonchev–Trinajstić information content (AvgIpc) is 3.45. The third kappa shape index (κ3) is 4.05. The Morgan fingerprint density at radius 1 is 1.21 bits per heavy atom. The number of thioether (sulfide) groups is 1. The Hall–Kier alpha value is -2.38. The Balaban J connectivity index is 1.51. The molecule has 1 aliphatic heterocycles. The fourth-order valence-corrected chi connectivity index (χ4v) is 4.32. The van der Waals surface area contributed by atoms with Gasteiger partial charge in [-0.2, -0.15) is 0 Å². The minimum Gasteiger partial charge on any atom is -0.324 e. The highest BCUT2D eigenvalue weighted by molar-refractivity contribution is 8.15. The molecule has 0 aromatic heterocycles. The van der Waals surface area contributed by atoms with E-state index >= 15 is 0 Å². The number of nitrogens with one attached hydrogen (secondary N) is 1. The van der Waals surface area contributed by atoms with Gasteiger partial charge in [-0.3, -0.25) is 14.5 Å². The molecular weight excluding hydrogens is 401 g/mol. The molecule has 2 aliphatic rings. The van der Waals surface area contributed by atoms with E-state index in [0.29, 0.717) is 15.9 Å². The Morgan fingerprint density at radius 2 is 1.93 bits per heavy atom. The van der Waals surface area contributed by atoms with Gasteiger partial charge in [0.05, 0.1) is 16.4 Å². The van der Waals surface area contributed by atoms with Crippen LogP contribution in [0.1, 0.15) is 19.3 Å². The number of hydrogen-bond acceptors (Lipinski definition) is 4. The van der Waals surface area contributed by atoms with Crippen molar-refractivity contribution in [2.45, 2.75) is 30.6 Å². The Kier molecular flexibility index (Phi) is 5.37. The lowest BCUT2D eigenvalue weighted by molar-refractivity contribution is -0.128. The van der Waals surface area contributed by atoms with Crippen LogP contribution in [0.5, 0.6) is 0 Å². The Morgan fingerprint density at radius 3 is 2.64 bits per heavy atom. The third-order valence-electron chi connectivity index (χ3n) is 4.47. The van der Waals surface area contributed by atoms with Crippen molar-refractivity contribution in [3.63, 3.8) is 0 Å². The molecule has 1 atom stereocenters. The van der Waals surface area contributed by atoms with E-state index in [1.54, 1.807) is 29.2 Å². The highest BCUT2D eigenvalue weighted by Gasteiger charge is 2.46. The summed E-state index contributed by atoms with van der Waals surface area (Å²) in [5.41, 5.74) is 0.688. The normalized spacial score (nSPS) is 20.6. The minimum atomic E-state index is -0.589. The minimum absolute atomic E-state index is 0.0530. The number of amides is 2. The first kappa shape index (κ1) is 19.0. The first-order valence-corrected chi connectivity index (χ1v) is 10.2. The van der Waals surface area contributed by atoms with Crippen LogP contribution in [0.3, 0.4) is 0 Å². The molecule has 8 heteroatoms. The molecular formula is C20H17ClFN3O2S. The van der Waals surface area contributed by atoms with Gasteiger partial charge in [-0.05, 0) is 37.1 Å². The Bertz CT molecular complexity index is 964. The van der Waals surface area contributed by atoms with Crippen LogP contribution in [0.4, 0.5) is 15.8 Å². The second-order valence-electron chi connectivity index (χ2n) is 6.62. The number of rotatable bonds is 5. The van der Waals surface area contributed by atoms with Gasteiger partial charge in [-0.25, -0.2) is 9.38 Å². The number of anilines is 1. The van der Waals surface area contributed by atoms with Gasteiger partial charge in [-0.15, -0.1) is 0 Å². The molecule has 1 aliphatic carbocycles. The SMILES string of the molecule is O=C(CC1SC(=Nc2ccccc2Cl)N(C2CC2)C1=O)Nc1ccccc1F. The van der Waals surface area contributed by atoms with E-state index in [0.717, 1.165) is 12.8 Å². The van der Waals surface area contributed by atoms with Crippen LogP contribution < -0.4 is 5.32 Å². The van der Waals surface area contributed by atoms with Crippen LogP contribution in [-0.4, -0.2) is 33.2 Å². The molecule has 2 amide bonds. The number of aliphatic imine (C=N–C) groups is 1.